The fraction of sp³-hybridized carbons (Fsp3) is 0.333. The Hall–Kier alpha value is -2.04. The topological polar surface area (TPSA) is 69.6 Å². The maximum absolute atomic E-state index is 11.7. The summed E-state index contributed by atoms with van der Waals surface area (Å²) in [5.74, 6) is -1.01. The number of carbonyl (C=O) groups excluding carboxylic acids is 1. The number of rotatable bonds is 2. The predicted molar refractivity (Wildman–Crippen MR) is 63.5 cm³/mol. The Morgan fingerprint density at radius 2 is 2.24 bits per heavy atom. The molecule has 1 aromatic carbocycles. The fourth-order valence-corrected chi connectivity index (χ4v) is 1.92. The van der Waals surface area contributed by atoms with Crippen LogP contribution in [0.15, 0.2) is 18.2 Å². The van der Waals surface area contributed by atoms with Crippen LogP contribution in [-0.4, -0.2) is 30.2 Å². The highest BCUT2D eigenvalue weighted by molar-refractivity contribution is 6.01. The molecular weight excluding hydrogens is 220 g/mol. The van der Waals surface area contributed by atoms with Gasteiger partial charge < -0.3 is 10.4 Å². The highest BCUT2D eigenvalue weighted by atomic mass is 16.4. The number of benzene rings is 1. The molecule has 1 aliphatic rings. The van der Waals surface area contributed by atoms with E-state index in [2.05, 4.69) is 5.32 Å². The largest absolute Gasteiger partial charge is 0.478 e. The number of aromatic carboxylic acids is 1. The van der Waals surface area contributed by atoms with Crippen molar-refractivity contribution in [3.8, 4) is 0 Å². The predicted octanol–water partition coefficient (Wildman–Crippen LogP) is 1.61. The molecule has 1 fully saturated rings. The Labute approximate surface area is 99.0 Å². The summed E-state index contributed by atoms with van der Waals surface area (Å²) in [6.45, 7) is 3.02. The Morgan fingerprint density at radius 3 is 2.88 bits per heavy atom. The van der Waals surface area contributed by atoms with Crippen molar-refractivity contribution in [3.05, 3.63) is 29.3 Å². The molecule has 2 amide bonds. The molecule has 0 aromatic heterocycles. The molecule has 0 radical (unpaired) electrons. The molecule has 0 saturated carbocycles. The molecule has 90 valence electrons. The highest BCUT2D eigenvalue weighted by Gasteiger charge is 2.23. The van der Waals surface area contributed by atoms with E-state index in [1.54, 1.807) is 12.1 Å². The van der Waals surface area contributed by atoms with Crippen molar-refractivity contribution in [2.45, 2.75) is 13.3 Å². The van der Waals surface area contributed by atoms with E-state index < -0.39 is 5.97 Å². The van der Waals surface area contributed by atoms with Gasteiger partial charge in [0, 0.05) is 13.1 Å². The first-order chi connectivity index (χ1) is 8.09. The maximum atomic E-state index is 11.7. The van der Waals surface area contributed by atoms with Gasteiger partial charge in [0.2, 0.25) is 0 Å². The highest BCUT2D eigenvalue weighted by Crippen LogP contribution is 2.23. The summed E-state index contributed by atoms with van der Waals surface area (Å²) in [5.41, 5.74) is 1.49. The van der Waals surface area contributed by atoms with Crippen molar-refractivity contribution < 1.29 is 14.7 Å². The van der Waals surface area contributed by atoms with Crippen molar-refractivity contribution in [3.63, 3.8) is 0 Å². The lowest BCUT2D eigenvalue weighted by atomic mass is 10.1. The first-order valence-corrected chi connectivity index (χ1v) is 5.49. The smallest absolute Gasteiger partial charge is 0.337 e. The Kier molecular flexibility index (Phi) is 2.99. The number of nitrogens with one attached hydrogen (secondary N) is 1. The van der Waals surface area contributed by atoms with E-state index in [0.717, 1.165) is 12.0 Å². The third kappa shape index (κ3) is 2.22. The van der Waals surface area contributed by atoms with Gasteiger partial charge in [-0.1, -0.05) is 11.6 Å². The SMILES string of the molecule is Cc1ccc(N2CCCNC2=O)c(C(=O)O)c1. The number of hydrogen-bond donors (Lipinski definition) is 2. The lowest BCUT2D eigenvalue weighted by molar-refractivity contribution is 0.0697. The van der Waals surface area contributed by atoms with E-state index in [1.807, 2.05) is 13.0 Å². The number of aryl methyl sites for hydroxylation is 1. The summed E-state index contributed by atoms with van der Waals surface area (Å²) in [7, 11) is 0. The number of carboxylic acids is 1. The van der Waals surface area contributed by atoms with Crippen LogP contribution >= 0.6 is 0 Å². The van der Waals surface area contributed by atoms with Crippen molar-refractivity contribution in [2.24, 2.45) is 0 Å². The van der Waals surface area contributed by atoms with E-state index in [1.165, 1.54) is 4.90 Å². The average molecular weight is 234 g/mol. The number of carbonyl (C=O) groups is 2. The van der Waals surface area contributed by atoms with Gasteiger partial charge in [-0.2, -0.15) is 0 Å². The first kappa shape index (κ1) is 11.4. The molecule has 1 heterocycles. The van der Waals surface area contributed by atoms with E-state index in [4.69, 9.17) is 5.11 Å². The van der Waals surface area contributed by atoms with Crippen LogP contribution in [-0.2, 0) is 0 Å². The van der Waals surface area contributed by atoms with Crippen LogP contribution in [0.4, 0.5) is 10.5 Å². The molecule has 2 rings (SSSR count). The monoisotopic (exact) mass is 234 g/mol. The van der Waals surface area contributed by atoms with Crippen LogP contribution < -0.4 is 10.2 Å². The summed E-state index contributed by atoms with van der Waals surface area (Å²) in [6.07, 6.45) is 0.818. The molecule has 2 N–H and O–H groups in total. The zero-order valence-electron chi connectivity index (χ0n) is 9.56. The summed E-state index contributed by atoms with van der Waals surface area (Å²) in [6, 6.07) is 4.84. The number of nitrogens with zero attached hydrogens (tertiary/aromatic N) is 1. The second-order valence-electron chi connectivity index (χ2n) is 4.06. The van der Waals surface area contributed by atoms with Gasteiger partial charge in [-0.15, -0.1) is 0 Å². The van der Waals surface area contributed by atoms with Crippen LogP contribution in [0, 0.1) is 6.92 Å². The molecule has 1 aromatic rings. The molecule has 0 unspecified atom stereocenters. The van der Waals surface area contributed by atoms with Crippen molar-refractivity contribution >= 4 is 17.7 Å². The van der Waals surface area contributed by atoms with Gasteiger partial charge in [0.05, 0.1) is 11.3 Å². The van der Waals surface area contributed by atoms with Crippen molar-refractivity contribution in [1.29, 1.82) is 0 Å². The zero-order chi connectivity index (χ0) is 12.4. The maximum Gasteiger partial charge on any atom is 0.337 e. The molecule has 1 saturated heterocycles. The van der Waals surface area contributed by atoms with Gasteiger partial charge in [-0.05, 0) is 25.5 Å². The second-order valence-corrected chi connectivity index (χ2v) is 4.06. The van der Waals surface area contributed by atoms with Crippen LogP contribution in [0.1, 0.15) is 22.3 Å². The van der Waals surface area contributed by atoms with Gasteiger partial charge >= 0.3 is 12.0 Å². The number of amides is 2. The number of hydrogen-bond acceptors (Lipinski definition) is 2. The van der Waals surface area contributed by atoms with E-state index in [0.29, 0.717) is 18.8 Å². The first-order valence-electron chi connectivity index (χ1n) is 5.49. The molecule has 1 aliphatic heterocycles. The zero-order valence-corrected chi connectivity index (χ0v) is 9.56. The lowest BCUT2D eigenvalue weighted by Crippen LogP contribution is -2.47. The van der Waals surface area contributed by atoms with E-state index >= 15 is 0 Å². The minimum absolute atomic E-state index is 0.169. The second kappa shape index (κ2) is 4.45. The minimum atomic E-state index is -1.01. The van der Waals surface area contributed by atoms with Crippen molar-refractivity contribution in [2.75, 3.05) is 18.0 Å². The summed E-state index contributed by atoms with van der Waals surface area (Å²) < 4.78 is 0. The summed E-state index contributed by atoms with van der Waals surface area (Å²) in [5, 5.41) is 11.9. The number of carboxylic acid groups (broad SMARTS) is 1. The normalized spacial score (nSPS) is 15.6. The molecule has 5 heteroatoms. The molecule has 0 bridgehead atoms. The molecule has 0 aliphatic carbocycles. The third-order valence-corrected chi connectivity index (χ3v) is 2.75. The van der Waals surface area contributed by atoms with Crippen LogP contribution in [0.25, 0.3) is 0 Å². The molecule has 5 nitrogen and oxygen atoms in total. The Bertz CT molecular complexity index is 471. The molecular formula is C12H14N2O3. The van der Waals surface area contributed by atoms with E-state index in [-0.39, 0.29) is 11.6 Å². The van der Waals surface area contributed by atoms with Gasteiger partial charge in [0.1, 0.15) is 0 Å². The fourth-order valence-electron chi connectivity index (χ4n) is 1.92. The number of anilines is 1. The minimum Gasteiger partial charge on any atom is -0.478 e. The summed E-state index contributed by atoms with van der Waals surface area (Å²) >= 11 is 0. The quantitative estimate of drug-likeness (QED) is 0.816. The molecule has 17 heavy (non-hydrogen) atoms. The standard InChI is InChI=1S/C12H14N2O3/c1-8-3-4-10(9(7-8)11(15)16)14-6-2-5-13-12(14)17/h3-4,7H,2,5-6H2,1H3,(H,13,17)(H,15,16). The van der Waals surface area contributed by atoms with Crippen LogP contribution in [0.2, 0.25) is 0 Å². The van der Waals surface area contributed by atoms with Crippen LogP contribution in [0.3, 0.4) is 0 Å². The Balaban J connectivity index is 2.43. The number of urea groups is 1. The Morgan fingerprint density at radius 1 is 1.47 bits per heavy atom. The average Bonchev–Trinajstić information content (AvgIpc) is 2.30. The van der Waals surface area contributed by atoms with E-state index in [9.17, 15) is 9.59 Å². The third-order valence-electron chi connectivity index (χ3n) is 2.75. The lowest BCUT2D eigenvalue weighted by Gasteiger charge is -2.28. The van der Waals surface area contributed by atoms with Gasteiger partial charge in [0.15, 0.2) is 0 Å². The van der Waals surface area contributed by atoms with Gasteiger partial charge in [-0.3, -0.25) is 4.90 Å². The summed E-state index contributed by atoms with van der Waals surface area (Å²) in [4.78, 5) is 24.3. The van der Waals surface area contributed by atoms with Gasteiger partial charge in [0.25, 0.3) is 0 Å². The molecule has 0 spiro atoms. The van der Waals surface area contributed by atoms with Crippen LogP contribution in [0.5, 0.6) is 0 Å². The molecule has 0 atom stereocenters. The van der Waals surface area contributed by atoms with Crippen molar-refractivity contribution in [1.82, 2.24) is 5.32 Å². The van der Waals surface area contributed by atoms with Gasteiger partial charge in [-0.25, -0.2) is 9.59 Å².